The van der Waals surface area contributed by atoms with E-state index in [9.17, 15) is 0 Å². The molecule has 1 aliphatic heterocycles. The molecule has 0 amide bonds. The first-order valence-electron chi connectivity index (χ1n) is 8.62. The predicted octanol–water partition coefficient (Wildman–Crippen LogP) is 3.67. The van der Waals surface area contributed by atoms with Crippen molar-refractivity contribution in [1.82, 2.24) is 10.2 Å². The van der Waals surface area contributed by atoms with Crippen molar-refractivity contribution in [2.45, 2.75) is 77.8 Å². The highest BCUT2D eigenvalue weighted by atomic mass is 15.2. The molecule has 0 radical (unpaired) electrons. The first-order valence-corrected chi connectivity index (χ1v) is 8.62. The van der Waals surface area contributed by atoms with Crippen LogP contribution in [0.1, 0.15) is 65.7 Å². The number of nitrogens with zero attached hydrogens (tertiary/aromatic N) is 1. The molecule has 0 aromatic rings. The summed E-state index contributed by atoms with van der Waals surface area (Å²) in [4.78, 5) is 2.83. The Morgan fingerprint density at radius 2 is 1.89 bits per heavy atom. The van der Waals surface area contributed by atoms with Crippen LogP contribution in [0.3, 0.4) is 0 Å². The molecule has 0 spiro atoms. The smallest absolute Gasteiger partial charge is 0.00954 e. The van der Waals surface area contributed by atoms with Crippen LogP contribution in [0.15, 0.2) is 0 Å². The van der Waals surface area contributed by atoms with Gasteiger partial charge in [0.2, 0.25) is 0 Å². The number of likely N-dealkylation sites (tertiary alicyclic amines) is 1. The Kier molecular flexibility index (Phi) is 6.15. The molecule has 0 bridgehead atoms. The molecule has 1 saturated heterocycles. The zero-order valence-electron chi connectivity index (χ0n) is 13.3. The van der Waals surface area contributed by atoms with E-state index in [2.05, 4.69) is 31.0 Å². The van der Waals surface area contributed by atoms with Crippen LogP contribution < -0.4 is 5.32 Å². The van der Waals surface area contributed by atoms with Crippen molar-refractivity contribution in [1.29, 1.82) is 0 Å². The van der Waals surface area contributed by atoms with E-state index in [1.807, 2.05) is 0 Å². The highest BCUT2D eigenvalue weighted by molar-refractivity contribution is 4.82. The van der Waals surface area contributed by atoms with Crippen molar-refractivity contribution in [3.8, 4) is 0 Å². The second kappa shape index (κ2) is 7.64. The molecule has 3 unspecified atom stereocenters. The Hall–Kier alpha value is -0.0800. The van der Waals surface area contributed by atoms with Gasteiger partial charge in [0.1, 0.15) is 0 Å². The Balaban J connectivity index is 1.79. The molecular formula is C17H34N2. The van der Waals surface area contributed by atoms with Crippen molar-refractivity contribution in [2.75, 3.05) is 19.6 Å². The van der Waals surface area contributed by atoms with E-state index in [4.69, 9.17) is 0 Å². The average molecular weight is 266 g/mol. The molecule has 2 fully saturated rings. The van der Waals surface area contributed by atoms with Gasteiger partial charge in [0.05, 0.1) is 0 Å². The fourth-order valence-electron chi connectivity index (χ4n) is 3.83. The Bertz CT molecular complexity index is 252. The average Bonchev–Trinajstić information content (AvgIpc) is 2.62. The Morgan fingerprint density at radius 3 is 2.68 bits per heavy atom. The van der Waals surface area contributed by atoms with Gasteiger partial charge in [-0.25, -0.2) is 0 Å². The predicted molar refractivity (Wildman–Crippen MR) is 83.5 cm³/mol. The number of piperidine rings is 1. The number of hydrogen-bond donors (Lipinski definition) is 1. The molecule has 1 N–H and O–H groups in total. The number of hydrogen-bond acceptors (Lipinski definition) is 2. The zero-order chi connectivity index (χ0) is 13.7. The van der Waals surface area contributed by atoms with Crippen molar-refractivity contribution in [3.05, 3.63) is 0 Å². The van der Waals surface area contributed by atoms with E-state index in [1.165, 1.54) is 64.6 Å². The largest absolute Gasteiger partial charge is 0.314 e. The van der Waals surface area contributed by atoms with Crippen LogP contribution in [0.4, 0.5) is 0 Å². The Labute approximate surface area is 120 Å². The van der Waals surface area contributed by atoms with Gasteiger partial charge in [0.15, 0.2) is 0 Å². The summed E-state index contributed by atoms with van der Waals surface area (Å²) in [6.45, 7) is 10.9. The number of rotatable bonds is 4. The maximum atomic E-state index is 3.63. The van der Waals surface area contributed by atoms with Gasteiger partial charge in [-0.05, 0) is 57.0 Å². The third-order valence-electron chi connectivity index (χ3n) is 5.11. The molecule has 1 aliphatic carbocycles. The minimum absolute atomic E-state index is 0.633. The van der Waals surface area contributed by atoms with Crippen LogP contribution in [-0.2, 0) is 0 Å². The molecular weight excluding hydrogens is 232 g/mol. The van der Waals surface area contributed by atoms with E-state index in [-0.39, 0.29) is 0 Å². The molecule has 2 heteroatoms. The van der Waals surface area contributed by atoms with Gasteiger partial charge in [0, 0.05) is 18.6 Å². The normalized spacial score (nSPS) is 34.4. The molecule has 3 atom stereocenters. The van der Waals surface area contributed by atoms with Crippen LogP contribution in [0.25, 0.3) is 0 Å². The van der Waals surface area contributed by atoms with E-state index in [0.717, 1.165) is 17.9 Å². The minimum atomic E-state index is 0.633. The van der Waals surface area contributed by atoms with E-state index < -0.39 is 0 Å². The third kappa shape index (κ3) is 5.07. The molecule has 1 heterocycles. The van der Waals surface area contributed by atoms with Gasteiger partial charge in [-0.2, -0.15) is 0 Å². The van der Waals surface area contributed by atoms with Gasteiger partial charge in [-0.3, -0.25) is 0 Å². The lowest BCUT2D eigenvalue weighted by Gasteiger charge is -2.38. The summed E-state index contributed by atoms with van der Waals surface area (Å²) >= 11 is 0. The van der Waals surface area contributed by atoms with Crippen molar-refractivity contribution in [3.63, 3.8) is 0 Å². The summed E-state index contributed by atoms with van der Waals surface area (Å²) in [7, 11) is 0. The van der Waals surface area contributed by atoms with Gasteiger partial charge in [-0.15, -0.1) is 0 Å². The van der Waals surface area contributed by atoms with Crippen LogP contribution in [0.2, 0.25) is 0 Å². The van der Waals surface area contributed by atoms with Crippen LogP contribution >= 0.6 is 0 Å². The van der Waals surface area contributed by atoms with Crippen molar-refractivity contribution in [2.24, 2.45) is 11.8 Å². The van der Waals surface area contributed by atoms with E-state index in [0.29, 0.717) is 6.04 Å². The van der Waals surface area contributed by atoms with Gasteiger partial charge in [0.25, 0.3) is 0 Å². The second-order valence-corrected chi connectivity index (χ2v) is 7.33. The SMILES string of the molecule is CC1CCCC(N2CCCC(CNC(C)C)C2)CC1. The van der Waals surface area contributed by atoms with Crippen LogP contribution in [0.5, 0.6) is 0 Å². The molecule has 19 heavy (non-hydrogen) atoms. The van der Waals surface area contributed by atoms with Gasteiger partial charge < -0.3 is 10.2 Å². The summed E-state index contributed by atoms with van der Waals surface area (Å²) in [5.41, 5.74) is 0. The zero-order valence-corrected chi connectivity index (χ0v) is 13.3. The van der Waals surface area contributed by atoms with Crippen LogP contribution in [-0.4, -0.2) is 36.6 Å². The lowest BCUT2D eigenvalue weighted by atomic mass is 9.94. The summed E-state index contributed by atoms with van der Waals surface area (Å²) in [5.74, 6) is 1.85. The van der Waals surface area contributed by atoms with Gasteiger partial charge >= 0.3 is 0 Å². The summed E-state index contributed by atoms with van der Waals surface area (Å²) in [5, 5.41) is 3.63. The second-order valence-electron chi connectivity index (χ2n) is 7.33. The quantitative estimate of drug-likeness (QED) is 0.781. The Morgan fingerprint density at radius 1 is 1.05 bits per heavy atom. The first kappa shape index (κ1) is 15.3. The first-order chi connectivity index (χ1) is 9.15. The van der Waals surface area contributed by atoms with Gasteiger partial charge in [-0.1, -0.05) is 33.6 Å². The summed E-state index contributed by atoms with van der Waals surface area (Å²) < 4.78 is 0. The molecule has 2 nitrogen and oxygen atoms in total. The molecule has 2 rings (SSSR count). The molecule has 2 aliphatic rings. The lowest BCUT2D eigenvalue weighted by Crippen LogP contribution is -2.45. The molecule has 0 aromatic heterocycles. The lowest BCUT2D eigenvalue weighted by molar-refractivity contribution is 0.110. The van der Waals surface area contributed by atoms with Crippen LogP contribution in [0, 0.1) is 11.8 Å². The topological polar surface area (TPSA) is 15.3 Å². The van der Waals surface area contributed by atoms with E-state index in [1.54, 1.807) is 0 Å². The molecule has 112 valence electrons. The maximum absolute atomic E-state index is 3.63. The monoisotopic (exact) mass is 266 g/mol. The van der Waals surface area contributed by atoms with E-state index >= 15 is 0 Å². The standard InChI is InChI=1S/C17H34N2/c1-14(2)18-12-16-7-5-11-19(13-16)17-8-4-6-15(3)9-10-17/h14-18H,4-13H2,1-3H3. The fourth-order valence-corrected chi connectivity index (χ4v) is 3.83. The fraction of sp³-hybridized carbons (Fsp3) is 1.00. The third-order valence-corrected chi connectivity index (χ3v) is 5.11. The highest BCUT2D eigenvalue weighted by Crippen LogP contribution is 2.28. The maximum Gasteiger partial charge on any atom is 0.00954 e. The van der Waals surface area contributed by atoms with Crippen molar-refractivity contribution < 1.29 is 0 Å². The minimum Gasteiger partial charge on any atom is -0.314 e. The number of nitrogens with one attached hydrogen (secondary N) is 1. The molecule has 1 saturated carbocycles. The summed E-state index contributed by atoms with van der Waals surface area (Å²) in [6.07, 6.45) is 10.1. The molecule has 0 aromatic carbocycles. The highest BCUT2D eigenvalue weighted by Gasteiger charge is 2.27. The van der Waals surface area contributed by atoms with Crippen molar-refractivity contribution >= 4 is 0 Å². The summed E-state index contributed by atoms with van der Waals surface area (Å²) in [6, 6.07) is 1.53.